The molecule has 3 fully saturated rings. The van der Waals surface area contributed by atoms with Crippen molar-refractivity contribution in [1.82, 2.24) is 9.88 Å². The molecule has 6 rings (SSSR count). The van der Waals surface area contributed by atoms with Crippen molar-refractivity contribution in [3.05, 3.63) is 47.7 Å². The molecule has 1 spiro atoms. The molecule has 0 radical (unpaired) electrons. The highest BCUT2D eigenvalue weighted by molar-refractivity contribution is 5.49. The van der Waals surface area contributed by atoms with Crippen molar-refractivity contribution in [2.75, 3.05) is 32.1 Å². The van der Waals surface area contributed by atoms with Crippen LogP contribution in [0.25, 0.3) is 0 Å². The number of ether oxygens (including phenoxy) is 2. The molecule has 0 saturated carbocycles. The Hall–Kier alpha value is -2.27. The lowest BCUT2D eigenvalue weighted by Gasteiger charge is -2.50. The zero-order valence-corrected chi connectivity index (χ0v) is 15.2. The molecule has 1 atom stereocenters. The van der Waals surface area contributed by atoms with Crippen LogP contribution in [0.15, 0.2) is 36.5 Å². The summed E-state index contributed by atoms with van der Waals surface area (Å²) in [6, 6.07) is 10.4. The summed E-state index contributed by atoms with van der Waals surface area (Å²) in [5.41, 5.74) is 3.50. The quantitative estimate of drug-likeness (QED) is 0.917. The molecular weight excluding hydrogens is 326 g/mol. The minimum absolute atomic E-state index is 0.0273. The smallest absolute Gasteiger partial charge is 0.217 e. The Balaban J connectivity index is 1.28. The fraction of sp³-hybridized carbons (Fsp3) is 0.476. The minimum Gasteiger partial charge on any atom is -0.497 e. The Labute approximate surface area is 154 Å². The van der Waals surface area contributed by atoms with Crippen LogP contribution in [0.3, 0.4) is 0 Å². The highest BCUT2D eigenvalue weighted by Gasteiger charge is 2.52. The maximum Gasteiger partial charge on any atom is 0.217 e. The van der Waals surface area contributed by atoms with Gasteiger partial charge in [-0.1, -0.05) is 12.1 Å². The monoisotopic (exact) mass is 351 g/mol. The largest absolute Gasteiger partial charge is 0.497 e. The number of pyridine rings is 1. The predicted molar refractivity (Wildman–Crippen MR) is 101 cm³/mol. The number of rotatable bonds is 4. The van der Waals surface area contributed by atoms with Crippen molar-refractivity contribution in [3.8, 4) is 11.6 Å². The zero-order chi connectivity index (χ0) is 17.6. The van der Waals surface area contributed by atoms with Gasteiger partial charge in [0.1, 0.15) is 11.4 Å². The van der Waals surface area contributed by atoms with E-state index < -0.39 is 0 Å². The fourth-order valence-corrected chi connectivity index (χ4v) is 4.75. The minimum atomic E-state index is -0.0273. The molecule has 136 valence electrons. The third-order valence-electron chi connectivity index (χ3n) is 6.19. The van der Waals surface area contributed by atoms with Crippen LogP contribution >= 0.6 is 0 Å². The molecule has 5 heterocycles. The Bertz CT molecular complexity index is 799. The first-order valence-electron chi connectivity index (χ1n) is 9.51. The average molecular weight is 351 g/mol. The molecule has 5 nitrogen and oxygen atoms in total. The van der Waals surface area contributed by atoms with Crippen molar-refractivity contribution < 1.29 is 9.47 Å². The molecule has 1 aromatic carbocycles. The van der Waals surface area contributed by atoms with Gasteiger partial charge in [-0.15, -0.1) is 0 Å². The van der Waals surface area contributed by atoms with E-state index in [1.54, 1.807) is 7.11 Å². The summed E-state index contributed by atoms with van der Waals surface area (Å²) in [4.78, 5) is 7.16. The van der Waals surface area contributed by atoms with Gasteiger partial charge in [0, 0.05) is 31.0 Å². The van der Waals surface area contributed by atoms with E-state index in [4.69, 9.17) is 9.47 Å². The number of piperidine rings is 3. The van der Waals surface area contributed by atoms with E-state index in [1.807, 2.05) is 18.3 Å². The van der Waals surface area contributed by atoms with E-state index in [1.165, 1.54) is 37.1 Å². The molecule has 4 aliphatic heterocycles. The number of fused-ring (bicyclic) bond motifs is 3. The number of anilines is 1. The van der Waals surface area contributed by atoms with E-state index in [-0.39, 0.29) is 5.60 Å². The van der Waals surface area contributed by atoms with Crippen LogP contribution in [0.4, 0.5) is 5.69 Å². The van der Waals surface area contributed by atoms with E-state index in [0.29, 0.717) is 5.92 Å². The van der Waals surface area contributed by atoms with Gasteiger partial charge in [-0.3, -0.25) is 4.90 Å². The SMILES string of the molecule is COc1ccc(CNc2cnc3c(c2)C[C@@]2(CN4CCC2CC4)O3)cc1. The molecule has 3 saturated heterocycles. The molecule has 5 heteroatoms. The molecular formula is C21H25N3O2. The lowest BCUT2D eigenvalue weighted by molar-refractivity contribution is -0.0814. The van der Waals surface area contributed by atoms with E-state index in [9.17, 15) is 0 Å². The van der Waals surface area contributed by atoms with Crippen LogP contribution < -0.4 is 14.8 Å². The predicted octanol–water partition coefficient (Wildman–Crippen LogP) is 3.10. The Kier molecular flexibility index (Phi) is 3.78. The first-order chi connectivity index (χ1) is 12.7. The molecule has 0 aliphatic carbocycles. The van der Waals surface area contributed by atoms with Crippen LogP contribution in [0.5, 0.6) is 11.6 Å². The summed E-state index contributed by atoms with van der Waals surface area (Å²) in [7, 11) is 1.69. The molecule has 26 heavy (non-hydrogen) atoms. The molecule has 0 unspecified atom stereocenters. The summed E-state index contributed by atoms with van der Waals surface area (Å²) in [5, 5.41) is 3.48. The van der Waals surface area contributed by atoms with E-state index >= 15 is 0 Å². The third-order valence-corrected chi connectivity index (χ3v) is 6.19. The van der Waals surface area contributed by atoms with Gasteiger partial charge in [0.15, 0.2) is 0 Å². The number of nitrogens with zero attached hydrogens (tertiary/aromatic N) is 2. The van der Waals surface area contributed by atoms with E-state index in [2.05, 4.69) is 33.4 Å². The van der Waals surface area contributed by atoms with Gasteiger partial charge in [-0.05, 0) is 49.7 Å². The van der Waals surface area contributed by atoms with Crippen LogP contribution in [-0.4, -0.2) is 42.2 Å². The van der Waals surface area contributed by atoms with Crippen molar-refractivity contribution in [2.45, 2.75) is 31.4 Å². The van der Waals surface area contributed by atoms with Crippen LogP contribution in [0, 0.1) is 5.92 Å². The summed E-state index contributed by atoms with van der Waals surface area (Å²) in [5.74, 6) is 2.40. The number of benzene rings is 1. The summed E-state index contributed by atoms with van der Waals surface area (Å²) in [6.07, 6.45) is 5.41. The van der Waals surface area contributed by atoms with Crippen molar-refractivity contribution in [3.63, 3.8) is 0 Å². The number of methoxy groups -OCH3 is 1. The molecule has 4 aliphatic rings. The van der Waals surface area contributed by atoms with Crippen molar-refractivity contribution in [1.29, 1.82) is 0 Å². The molecule has 2 bridgehead atoms. The van der Waals surface area contributed by atoms with Crippen LogP contribution in [0.1, 0.15) is 24.0 Å². The molecule has 2 aromatic rings. The van der Waals surface area contributed by atoms with Gasteiger partial charge in [0.2, 0.25) is 5.88 Å². The van der Waals surface area contributed by atoms with Crippen LogP contribution in [-0.2, 0) is 13.0 Å². The first kappa shape index (κ1) is 15.9. The Morgan fingerprint density at radius 3 is 2.77 bits per heavy atom. The number of hydrogen-bond donors (Lipinski definition) is 1. The summed E-state index contributed by atoms with van der Waals surface area (Å²) in [6.45, 7) is 4.29. The van der Waals surface area contributed by atoms with E-state index in [0.717, 1.165) is 36.8 Å². The second-order valence-electron chi connectivity index (χ2n) is 7.78. The van der Waals surface area contributed by atoms with Crippen LogP contribution in [0.2, 0.25) is 0 Å². The normalized spacial score (nSPS) is 28.7. The third kappa shape index (κ3) is 2.71. The van der Waals surface area contributed by atoms with Gasteiger partial charge in [-0.25, -0.2) is 4.98 Å². The standard InChI is InChI=1S/C21H25N3O2/c1-25-19-4-2-15(3-5-19)12-22-18-10-16-11-21(26-20(16)23-13-18)14-24-8-6-17(21)7-9-24/h2-5,10,13,17,22H,6-9,11-12,14H2,1H3/t21-/m0/s1. The Morgan fingerprint density at radius 2 is 2.08 bits per heavy atom. The Morgan fingerprint density at radius 1 is 1.27 bits per heavy atom. The molecule has 1 aromatic heterocycles. The maximum atomic E-state index is 6.42. The lowest BCUT2D eigenvalue weighted by atomic mass is 9.73. The van der Waals surface area contributed by atoms with Gasteiger partial charge < -0.3 is 14.8 Å². The van der Waals surface area contributed by atoms with Gasteiger partial charge in [-0.2, -0.15) is 0 Å². The number of aromatic nitrogens is 1. The van der Waals surface area contributed by atoms with Crippen molar-refractivity contribution in [2.24, 2.45) is 5.92 Å². The maximum absolute atomic E-state index is 6.42. The highest BCUT2D eigenvalue weighted by Crippen LogP contribution is 2.46. The number of nitrogens with one attached hydrogen (secondary N) is 1. The van der Waals surface area contributed by atoms with Gasteiger partial charge >= 0.3 is 0 Å². The van der Waals surface area contributed by atoms with Crippen molar-refractivity contribution >= 4 is 5.69 Å². The lowest BCUT2D eigenvalue weighted by Crippen LogP contribution is -2.61. The topological polar surface area (TPSA) is 46.6 Å². The highest BCUT2D eigenvalue weighted by atomic mass is 16.5. The molecule has 1 N–H and O–H groups in total. The van der Waals surface area contributed by atoms with Gasteiger partial charge in [0.25, 0.3) is 0 Å². The average Bonchev–Trinajstić information content (AvgIpc) is 3.04. The summed E-state index contributed by atoms with van der Waals surface area (Å²) >= 11 is 0. The second kappa shape index (κ2) is 6.16. The fourth-order valence-electron chi connectivity index (χ4n) is 4.75. The summed E-state index contributed by atoms with van der Waals surface area (Å²) < 4.78 is 11.6. The first-order valence-corrected chi connectivity index (χ1v) is 9.51. The zero-order valence-electron chi connectivity index (χ0n) is 15.2. The molecule has 0 amide bonds. The van der Waals surface area contributed by atoms with Gasteiger partial charge in [0.05, 0.1) is 19.0 Å². The number of hydrogen-bond acceptors (Lipinski definition) is 5. The second-order valence-corrected chi connectivity index (χ2v) is 7.78.